The molecule has 3 aliphatic heterocycles. The van der Waals surface area contributed by atoms with Crippen molar-refractivity contribution in [3.63, 3.8) is 0 Å². The van der Waals surface area contributed by atoms with Crippen molar-refractivity contribution in [2.75, 3.05) is 39.3 Å². The van der Waals surface area contributed by atoms with Crippen molar-refractivity contribution in [3.8, 4) is 0 Å². The van der Waals surface area contributed by atoms with Gasteiger partial charge in [0.15, 0.2) is 0 Å². The molecule has 4 rings (SSSR count). The Hall–Kier alpha value is -0.490. The fraction of sp³-hybridized carbons (Fsp3) is 0.600. The normalized spacial score (nSPS) is 30.4. The minimum Gasteiger partial charge on any atom is -0.309 e. The molecular formula is C15H21BrFN3. The third-order valence-corrected chi connectivity index (χ3v) is 5.06. The number of hydrogen-bond acceptors (Lipinski definition) is 3. The lowest BCUT2D eigenvalue weighted by molar-refractivity contribution is -0.00394. The molecule has 1 aromatic carbocycles. The van der Waals surface area contributed by atoms with Crippen molar-refractivity contribution >= 4 is 15.9 Å². The molecule has 1 aromatic rings. The fourth-order valence-corrected chi connectivity index (χ4v) is 3.79. The Bertz CT molecular complexity index is 474. The zero-order chi connectivity index (χ0) is 14.1. The molecule has 0 amide bonds. The third-order valence-electron chi connectivity index (χ3n) is 4.45. The average Bonchev–Trinajstić information content (AvgIpc) is 2.49. The second kappa shape index (κ2) is 6.10. The van der Waals surface area contributed by atoms with E-state index in [2.05, 4.69) is 38.0 Å². The zero-order valence-corrected chi connectivity index (χ0v) is 13.4. The molecular weight excluding hydrogens is 321 g/mol. The summed E-state index contributed by atoms with van der Waals surface area (Å²) in [6.07, 6.45) is 0. The van der Waals surface area contributed by atoms with Gasteiger partial charge in [-0.25, -0.2) is 4.39 Å². The molecule has 0 aromatic heterocycles. The first-order valence-corrected chi connectivity index (χ1v) is 8.13. The van der Waals surface area contributed by atoms with Gasteiger partial charge in [0.25, 0.3) is 0 Å². The molecule has 5 heteroatoms. The van der Waals surface area contributed by atoms with E-state index in [-0.39, 0.29) is 11.9 Å². The second-order valence-corrected chi connectivity index (χ2v) is 6.44. The summed E-state index contributed by atoms with van der Waals surface area (Å²) in [5, 5.41) is 3.49. The van der Waals surface area contributed by atoms with Crippen LogP contribution in [0.2, 0.25) is 0 Å². The first kappa shape index (κ1) is 14.4. The number of hydrogen-bond donors (Lipinski definition) is 1. The van der Waals surface area contributed by atoms with Crippen LogP contribution in [0.1, 0.15) is 18.5 Å². The van der Waals surface area contributed by atoms with Crippen LogP contribution < -0.4 is 5.32 Å². The van der Waals surface area contributed by atoms with E-state index in [1.807, 2.05) is 12.1 Å². The molecule has 3 aliphatic rings. The highest BCUT2D eigenvalue weighted by molar-refractivity contribution is 9.10. The van der Waals surface area contributed by atoms with Gasteiger partial charge in [-0.05, 0) is 28.5 Å². The largest absolute Gasteiger partial charge is 0.309 e. The predicted molar refractivity (Wildman–Crippen MR) is 82.3 cm³/mol. The van der Waals surface area contributed by atoms with Gasteiger partial charge in [-0.3, -0.25) is 9.80 Å². The first-order chi connectivity index (χ1) is 9.70. The number of piperazine rings is 3. The molecule has 0 saturated carbocycles. The fourth-order valence-electron chi connectivity index (χ4n) is 3.41. The minimum absolute atomic E-state index is 0.0561. The zero-order valence-electron chi connectivity index (χ0n) is 11.8. The summed E-state index contributed by atoms with van der Waals surface area (Å²) in [5.74, 6) is -0.129. The number of nitrogens with zero attached hydrogens (tertiary/aromatic N) is 2. The molecule has 0 spiro atoms. The Morgan fingerprint density at radius 3 is 2.70 bits per heavy atom. The smallest absolute Gasteiger partial charge is 0.142 e. The highest BCUT2D eigenvalue weighted by atomic mass is 79.9. The van der Waals surface area contributed by atoms with Crippen molar-refractivity contribution in [2.45, 2.75) is 19.0 Å². The Kier molecular flexibility index (Phi) is 4.40. The topological polar surface area (TPSA) is 18.5 Å². The van der Waals surface area contributed by atoms with Gasteiger partial charge in [-0.15, -0.1) is 0 Å². The Morgan fingerprint density at radius 2 is 2.10 bits per heavy atom. The van der Waals surface area contributed by atoms with E-state index >= 15 is 0 Å². The molecule has 0 radical (unpaired) electrons. The van der Waals surface area contributed by atoms with E-state index in [0.29, 0.717) is 10.5 Å². The molecule has 1 N–H and O–H groups in total. The number of nitrogens with one attached hydrogen (secondary N) is 1. The van der Waals surface area contributed by atoms with Crippen LogP contribution in [0.3, 0.4) is 0 Å². The lowest BCUT2D eigenvalue weighted by Gasteiger charge is -2.50. The Balaban J connectivity index is 1.90. The molecule has 110 valence electrons. The molecule has 2 unspecified atom stereocenters. The van der Waals surface area contributed by atoms with Crippen LogP contribution in [-0.2, 0) is 0 Å². The molecule has 3 fully saturated rings. The second-order valence-electron chi connectivity index (χ2n) is 5.58. The number of benzene rings is 1. The summed E-state index contributed by atoms with van der Waals surface area (Å²) >= 11 is 3.30. The van der Waals surface area contributed by atoms with Crippen molar-refractivity contribution in [1.82, 2.24) is 15.1 Å². The maximum Gasteiger partial charge on any atom is 0.142 e. The van der Waals surface area contributed by atoms with E-state index < -0.39 is 0 Å². The molecule has 3 nitrogen and oxygen atoms in total. The highest BCUT2D eigenvalue weighted by Gasteiger charge is 2.38. The van der Waals surface area contributed by atoms with Gasteiger partial charge in [0.2, 0.25) is 0 Å². The monoisotopic (exact) mass is 341 g/mol. The lowest BCUT2D eigenvalue weighted by atomic mass is 9.93. The minimum atomic E-state index is -0.129. The summed E-state index contributed by atoms with van der Waals surface area (Å²) in [6.45, 7) is 8.46. The van der Waals surface area contributed by atoms with Crippen molar-refractivity contribution in [3.05, 3.63) is 34.1 Å². The van der Waals surface area contributed by atoms with Gasteiger partial charge in [0.05, 0.1) is 10.5 Å². The maximum absolute atomic E-state index is 14.5. The third kappa shape index (κ3) is 2.64. The molecule has 2 bridgehead atoms. The molecule has 3 heterocycles. The SMILES string of the molecule is CCNC(c1cccc(Br)c1F)C1CN2CCN1CC2. The van der Waals surface area contributed by atoms with Gasteiger partial charge < -0.3 is 5.32 Å². The van der Waals surface area contributed by atoms with Gasteiger partial charge in [0.1, 0.15) is 5.82 Å². The molecule has 20 heavy (non-hydrogen) atoms. The standard InChI is InChI=1S/C15H21BrFN3/c1-2-18-15(11-4-3-5-12(16)14(11)17)13-10-19-6-8-20(13)9-7-19/h3-5,13,15,18H,2,6-10H2,1H3. The molecule has 0 aliphatic carbocycles. The van der Waals surface area contributed by atoms with Gasteiger partial charge in [-0.2, -0.15) is 0 Å². The van der Waals surface area contributed by atoms with Crippen molar-refractivity contribution < 1.29 is 4.39 Å². The number of fused-ring (bicyclic) bond motifs is 3. The Morgan fingerprint density at radius 1 is 1.35 bits per heavy atom. The maximum atomic E-state index is 14.5. The van der Waals surface area contributed by atoms with Crippen LogP contribution in [0.4, 0.5) is 4.39 Å². The van der Waals surface area contributed by atoms with Crippen LogP contribution in [0.15, 0.2) is 22.7 Å². The number of halogens is 2. The van der Waals surface area contributed by atoms with Crippen molar-refractivity contribution in [2.24, 2.45) is 0 Å². The number of rotatable bonds is 4. The van der Waals surface area contributed by atoms with Crippen LogP contribution in [0.25, 0.3) is 0 Å². The van der Waals surface area contributed by atoms with Crippen LogP contribution >= 0.6 is 15.9 Å². The predicted octanol–water partition coefficient (Wildman–Crippen LogP) is 2.24. The van der Waals surface area contributed by atoms with E-state index in [9.17, 15) is 4.39 Å². The van der Waals surface area contributed by atoms with E-state index in [4.69, 9.17) is 0 Å². The molecule has 3 saturated heterocycles. The summed E-state index contributed by atoms with van der Waals surface area (Å²) in [4.78, 5) is 5.00. The number of likely N-dealkylation sites (N-methyl/N-ethyl adjacent to an activating group) is 1. The summed E-state index contributed by atoms with van der Waals surface area (Å²) < 4.78 is 15.0. The van der Waals surface area contributed by atoms with E-state index in [1.165, 1.54) is 0 Å². The molecule has 2 atom stereocenters. The van der Waals surface area contributed by atoms with Crippen molar-refractivity contribution in [1.29, 1.82) is 0 Å². The lowest BCUT2D eigenvalue weighted by Crippen LogP contribution is -2.64. The van der Waals surface area contributed by atoms with E-state index in [0.717, 1.165) is 44.8 Å². The average molecular weight is 342 g/mol. The quantitative estimate of drug-likeness (QED) is 0.906. The Labute approximate surface area is 128 Å². The van der Waals surface area contributed by atoms with Gasteiger partial charge >= 0.3 is 0 Å². The highest BCUT2D eigenvalue weighted by Crippen LogP contribution is 2.31. The van der Waals surface area contributed by atoms with Gasteiger partial charge in [0, 0.05) is 44.3 Å². The van der Waals surface area contributed by atoms with Crippen LogP contribution in [0.5, 0.6) is 0 Å². The summed E-state index contributed by atoms with van der Waals surface area (Å²) in [7, 11) is 0. The van der Waals surface area contributed by atoms with E-state index in [1.54, 1.807) is 6.07 Å². The van der Waals surface area contributed by atoms with Gasteiger partial charge in [-0.1, -0.05) is 19.1 Å². The first-order valence-electron chi connectivity index (χ1n) is 7.34. The summed E-state index contributed by atoms with van der Waals surface area (Å²) in [6, 6.07) is 6.01. The summed E-state index contributed by atoms with van der Waals surface area (Å²) in [5.41, 5.74) is 0.778. The van der Waals surface area contributed by atoms with Crippen LogP contribution in [0, 0.1) is 5.82 Å². The van der Waals surface area contributed by atoms with Crippen LogP contribution in [-0.4, -0.2) is 55.1 Å².